The number of anilines is 1. The zero-order valence-corrected chi connectivity index (χ0v) is 12.4. The Morgan fingerprint density at radius 1 is 1.29 bits per heavy atom. The van der Waals surface area contributed by atoms with Gasteiger partial charge in [0.05, 0.1) is 23.4 Å². The average Bonchev–Trinajstić information content (AvgIpc) is 2.61. The number of nitrogens with zero attached hydrogens (tertiary/aromatic N) is 3. The summed E-state index contributed by atoms with van der Waals surface area (Å²) in [5.74, 6) is -1.12. The number of benzene rings is 1. The SMILES string of the molecule is N#Cc1ccccc1CNc1cnc2ccc(C(=O)O)cn2c1=O. The summed E-state index contributed by atoms with van der Waals surface area (Å²) < 4.78 is 1.18. The number of hydrogen-bond acceptors (Lipinski definition) is 5. The minimum atomic E-state index is -1.12. The van der Waals surface area contributed by atoms with Crippen molar-refractivity contribution in [1.82, 2.24) is 9.38 Å². The van der Waals surface area contributed by atoms with E-state index < -0.39 is 11.5 Å². The summed E-state index contributed by atoms with van der Waals surface area (Å²) in [6, 6.07) is 12.0. The Bertz CT molecular complexity index is 1030. The maximum absolute atomic E-state index is 12.5. The predicted octanol–water partition coefficient (Wildman–Crippen LogP) is 1.88. The van der Waals surface area contributed by atoms with Gasteiger partial charge >= 0.3 is 5.97 Å². The quantitative estimate of drug-likeness (QED) is 0.760. The molecule has 7 nitrogen and oxygen atoms in total. The summed E-state index contributed by atoms with van der Waals surface area (Å²) in [6.45, 7) is 0.283. The van der Waals surface area contributed by atoms with Crippen LogP contribution >= 0.6 is 0 Å². The molecular weight excluding hydrogens is 308 g/mol. The van der Waals surface area contributed by atoms with E-state index in [9.17, 15) is 9.59 Å². The smallest absolute Gasteiger partial charge is 0.337 e. The van der Waals surface area contributed by atoms with Crippen LogP contribution in [0, 0.1) is 11.3 Å². The van der Waals surface area contributed by atoms with Gasteiger partial charge in [0.15, 0.2) is 0 Å². The minimum Gasteiger partial charge on any atom is -0.478 e. The number of rotatable bonds is 4. The van der Waals surface area contributed by atoms with Crippen LogP contribution in [-0.2, 0) is 6.54 Å². The topological polar surface area (TPSA) is 107 Å². The molecule has 0 aliphatic rings. The summed E-state index contributed by atoms with van der Waals surface area (Å²) in [4.78, 5) is 27.7. The van der Waals surface area contributed by atoms with Crippen molar-refractivity contribution >= 4 is 17.3 Å². The molecule has 2 N–H and O–H groups in total. The Labute approximate surface area is 136 Å². The summed E-state index contributed by atoms with van der Waals surface area (Å²) in [7, 11) is 0. The molecule has 2 heterocycles. The van der Waals surface area contributed by atoms with Crippen molar-refractivity contribution in [3.05, 3.63) is 75.8 Å². The number of nitrogens with one attached hydrogen (secondary N) is 1. The first-order valence-corrected chi connectivity index (χ1v) is 7.07. The first kappa shape index (κ1) is 15.2. The van der Waals surface area contributed by atoms with Crippen LogP contribution in [0.3, 0.4) is 0 Å². The van der Waals surface area contributed by atoms with Crippen LogP contribution in [0.2, 0.25) is 0 Å². The zero-order valence-electron chi connectivity index (χ0n) is 12.4. The number of carbonyl (C=O) groups is 1. The van der Waals surface area contributed by atoms with Crippen LogP contribution in [0.15, 0.2) is 53.6 Å². The molecule has 0 spiro atoms. The van der Waals surface area contributed by atoms with Gasteiger partial charge in [0.1, 0.15) is 11.3 Å². The van der Waals surface area contributed by atoms with Gasteiger partial charge in [-0.3, -0.25) is 9.20 Å². The van der Waals surface area contributed by atoms with Gasteiger partial charge < -0.3 is 10.4 Å². The second-order valence-corrected chi connectivity index (χ2v) is 5.05. The molecule has 118 valence electrons. The summed E-state index contributed by atoms with van der Waals surface area (Å²) >= 11 is 0. The molecule has 2 aromatic heterocycles. The molecule has 0 aliphatic heterocycles. The number of hydrogen-bond donors (Lipinski definition) is 2. The zero-order chi connectivity index (χ0) is 17.1. The third-order valence-corrected chi connectivity index (χ3v) is 3.56. The van der Waals surface area contributed by atoms with Crippen LogP contribution in [-0.4, -0.2) is 20.5 Å². The molecule has 3 rings (SSSR count). The number of carboxylic acid groups (broad SMARTS) is 1. The van der Waals surface area contributed by atoms with Gasteiger partial charge in [-0.25, -0.2) is 9.78 Å². The summed E-state index contributed by atoms with van der Waals surface area (Å²) in [6.07, 6.45) is 2.63. The maximum atomic E-state index is 12.5. The highest BCUT2D eigenvalue weighted by atomic mass is 16.4. The van der Waals surface area contributed by atoms with Crippen molar-refractivity contribution in [2.45, 2.75) is 6.54 Å². The number of pyridine rings is 1. The molecule has 7 heteroatoms. The van der Waals surface area contributed by atoms with Gasteiger partial charge in [0.25, 0.3) is 5.56 Å². The first-order valence-electron chi connectivity index (χ1n) is 7.07. The van der Waals surface area contributed by atoms with E-state index in [4.69, 9.17) is 10.4 Å². The molecule has 0 aliphatic carbocycles. The fourth-order valence-corrected chi connectivity index (χ4v) is 2.30. The van der Waals surface area contributed by atoms with E-state index in [0.717, 1.165) is 5.56 Å². The van der Waals surface area contributed by atoms with Crippen LogP contribution in [0.1, 0.15) is 21.5 Å². The van der Waals surface area contributed by atoms with Gasteiger partial charge in [0, 0.05) is 12.7 Å². The van der Waals surface area contributed by atoms with Gasteiger partial charge in [-0.1, -0.05) is 18.2 Å². The number of aromatic carboxylic acids is 1. The predicted molar refractivity (Wildman–Crippen MR) is 86.9 cm³/mol. The molecule has 0 bridgehead atoms. The number of aromatic nitrogens is 2. The Morgan fingerprint density at radius 3 is 2.83 bits per heavy atom. The van der Waals surface area contributed by atoms with E-state index in [1.54, 1.807) is 18.2 Å². The largest absolute Gasteiger partial charge is 0.478 e. The highest BCUT2D eigenvalue weighted by molar-refractivity contribution is 5.87. The third-order valence-electron chi connectivity index (χ3n) is 3.56. The van der Waals surface area contributed by atoms with Crippen molar-refractivity contribution in [3.8, 4) is 6.07 Å². The normalized spacial score (nSPS) is 10.3. The van der Waals surface area contributed by atoms with Crippen molar-refractivity contribution in [2.75, 3.05) is 5.32 Å². The number of nitriles is 1. The molecule has 0 amide bonds. The van der Waals surface area contributed by atoms with E-state index in [-0.39, 0.29) is 17.8 Å². The molecule has 0 saturated carbocycles. The van der Waals surface area contributed by atoms with Crippen molar-refractivity contribution in [3.63, 3.8) is 0 Å². The molecule has 1 aromatic carbocycles. The van der Waals surface area contributed by atoms with Crippen LogP contribution in [0.4, 0.5) is 5.69 Å². The summed E-state index contributed by atoms with van der Waals surface area (Å²) in [5, 5.41) is 21.1. The van der Waals surface area contributed by atoms with Gasteiger partial charge in [0.2, 0.25) is 0 Å². The van der Waals surface area contributed by atoms with E-state index in [2.05, 4.69) is 16.4 Å². The van der Waals surface area contributed by atoms with E-state index in [0.29, 0.717) is 11.2 Å². The highest BCUT2D eigenvalue weighted by Gasteiger charge is 2.09. The van der Waals surface area contributed by atoms with Crippen molar-refractivity contribution in [1.29, 1.82) is 5.26 Å². The summed E-state index contributed by atoms with van der Waals surface area (Å²) in [5.41, 5.74) is 1.45. The monoisotopic (exact) mass is 320 g/mol. The molecule has 0 unspecified atom stereocenters. The standard InChI is InChI=1S/C17H12N4O3/c18-7-11-3-1-2-4-12(11)8-19-14-9-20-15-6-5-13(17(23)24)10-21(15)16(14)22/h1-6,9-10,19H,8H2,(H,23,24). The van der Waals surface area contributed by atoms with Crippen molar-refractivity contribution < 1.29 is 9.90 Å². The van der Waals surface area contributed by atoms with Crippen LogP contribution in [0.25, 0.3) is 5.65 Å². The van der Waals surface area contributed by atoms with E-state index in [1.807, 2.05) is 6.07 Å². The van der Waals surface area contributed by atoms with Gasteiger partial charge in [-0.15, -0.1) is 0 Å². The minimum absolute atomic E-state index is 0.00150. The molecule has 0 saturated heterocycles. The fraction of sp³-hybridized carbons (Fsp3) is 0.0588. The maximum Gasteiger partial charge on any atom is 0.337 e. The molecular formula is C17H12N4O3. The Morgan fingerprint density at radius 2 is 2.08 bits per heavy atom. The Balaban J connectivity index is 1.95. The fourth-order valence-electron chi connectivity index (χ4n) is 2.30. The van der Waals surface area contributed by atoms with Crippen LogP contribution < -0.4 is 10.9 Å². The van der Waals surface area contributed by atoms with Gasteiger partial charge in [-0.05, 0) is 23.8 Å². The molecule has 0 atom stereocenters. The van der Waals surface area contributed by atoms with E-state index in [1.165, 1.54) is 28.9 Å². The lowest BCUT2D eigenvalue weighted by Gasteiger charge is -2.09. The third kappa shape index (κ3) is 2.80. The second-order valence-electron chi connectivity index (χ2n) is 5.05. The highest BCUT2D eigenvalue weighted by Crippen LogP contribution is 2.10. The Hall–Kier alpha value is -3.66. The van der Waals surface area contributed by atoms with Gasteiger partial charge in [-0.2, -0.15) is 5.26 Å². The number of carboxylic acids is 1. The molecule has 0 fully saturated rings. The molecule has 3 aromatic rings. The second kappa shape index (κ2) is 6.22. The Kier molecular flexibility index (Phi) is 3.95. The van der Waals surface area contributed by atoms with E-state index >= 15 is 0 Å². The number of fused-ring (bicyclic) bond motifs is 1. The lowest BCUT2D eigenvalue weighted by molar-refractivity contribution is 0.0696. The molecule has 0 radical (unpaired) electrons. The molecule has 24 heavy (non-hydrogen) atoms. The lowest BCUT2D eigenvalue weighted by Crippen LogP contribution is -2.20. The van der Waals surface area contributed by atoms with Crippen molar-refractivity contribution in [2.24, 2.45) is 0 Å². The average molecular weight is 320 g/mol. The lowest BCUT2D eigenvalue weighted by atomic mass is 10.1. The first-order chi connectivity index (χ1) is 11.6. The van der Waals surface area contributed by atoms with Crippen LogP contribution in [0.5, 0.6) is 0 Å².